The molecule has 1 saturated heterocycles. The summed E-state index contributed by atoms with van der Waals surface area (Å²) in [6.45, 7) is 39.8. The highest BCUT2D eigenvalue weighted by atomic mass is 28.4. The van der Waals surface area contributed by atoms with Crippen LogP contribution in [0.5, 0.6) is 0 Å². The maximum absolute atomic E-state index is 7.10. The van der Waals surface area contributed by atoms with E-state index in [-0.39, 0.29) is 39.5 Å². The maximum atomic E-state index is 7.10. The standard InChI is InChI=1S/C29H62O4Si3/c1-18-19-23-22(2)24(32-35(14,15)28(6,7)8)20-25(31-23)26(33-36(16,17)29(9,10)11)21-30-34(12,13)27(3,4)5/h18-19,22-26H,20-21H2,1-17H3/t22-,23+,24-,25+,26-/m0/s1. The largest absolute Gasteiger partial charge is 0.414 e. The van der Waals surface area contributed by atoms with Crippen molar-refractivity contribution in [2.24, 2.45) is 5.92 Å². The topological polar surface area (TPSA) is 36.9 Å². The van der Waals surface area contributed by atoms with Gasteiger partial charge in [-0.1, -0.05) is 81.4 Å². The predicted octanol–water partition coefficient (Wildman–Crippen LogP) is 9.16. The van der Waals surface area contributed by atoms with Crippen LogP contribution in [0.15, 0.2) is 12.2 Å². The minimum atomic E-state index is -2.05. The molecule has 7 heteroatoms. The minimum absolute atomic E-state index is 0.0157. The lowest BCUT2D eigenvalue weighted by Gasteiger charge is -2.49. The zero-order valence-corrected chi connectivity index (χ0v) is 30.1. The lowest BCUT2D eigenvalue weighted by atomic mass is 9.88. The van der Waals surface area contributed by atoms with Gasteiger partial charge in [-0.2, -0.15) is 0 Å². The van der Waals surface area contributed by atoms with Crippen LogP contribution in [0.4, 0.5) is 0 Å². The van der Waals surface area contributed by atoms with Gasteiger partial charge in [-0.05, 0) is 61.3 Å². The summed E-state index contributed by atoms with van der Waals surface area (Å²) in [5.74, 6) is 0.293. The monoisotopic (exact) mass is 558 g/mol. The zero-order valence-electron chi connectivity index (χ0n) is 27.1. The van der Waals surface area contributed by atoms with Crippen LogP contribution >= 0.6 is 0 Å². The zero-order chi connectivity index (χ0) is 28.5. The van der Waals surface area contributed by atoms with Crippen LogP contribution in [0.2, 0.25) is 54.4 Å². The number of rotatable bonds is 9. The summed E-state index contributed by atoms with van der Waals surface area (Å²) in [5, 5.41) is 0.432. The third-order valence-corrected chi connectivity index (χ3v) is 23.1. The van der Waals surface area contributed by atoms with Crippen molar-refractivity contribution in [3.8, 4) is 0 Å². The van der Waals surface area contributed by atoms with E-state index in [0.717, 1.165) is 6.42 Å². The molecule has 36 heavy (non-hydrogen) atoms. The van der Waals surface area contributed by atoms with Crippen molar-refractivity contribution in [1.29, 1.82) is 0 Å². The van der Waals surface area contributed by atoms with Crippen molar-refractivity contribution in [3.05, 3.63) is 12.2 Å². The molecule has 0 saturated carbocycles. The van der Waals surface area contributed by atoms with Gasteiger partial charge in [0.2, 0.25) is 0 Å². The fraction of sp³-hybridized carbons (Fsp3) is 0.931. The van der Waals surface area contributed by atoms with Gasteiger partial charge in [0.15, 0.2) is 25.0 Å². The van der Waals surface area contributed by atoms with Crippen LogP contribution in [-0.2, 0) is 18.0 Å². The molecule has 214 valence electrons. The molecule has 0 amide bonds. The molecule has 0 bridgehead atoms. The van der Waals surface area contributed by atoms with Crippen LogP contribution in [0, 0.1) is 5.92 Å². The van der Waals surface area contributed by atoms with Gasteiger partial charge >= 0.3 is 0 Å². The minimum Gasteiger partial charge on any atom is -0.414 e. The summed E-state index contributed by atoms with van der Waals surface area (Å²) in [6.07, 6.45) is 5.16. The molecule has 0 aromatic carbocycles. The first kappa shape index (κ1) is 34.3. The van der Waals surface area contributed by atoms with Gasteiger partial charge in [0.25, 0.3) is 0 Å². The summed E-state index contributed by atoms with van der Waals surface area (Å²) in [6, 6.07) is 0. The van der Waals surface area contributed by atoms with Crippen molar-refractivity contribution < 1.29 is 18.0 Å². The van der Waals surface area contributed by atoms with E-state index in [1.54, 1.807) is 0 Å². The molecule has 4 nitrogen and oxygen atoms in total. The van der Waals surface area contributed by atoms with Crippen LogP contribution in [-0.4, -0.2) is 56.0 Å². The molecular formula is C29H62O4Si3. The van der Waals surface area contributed by atoms with E-state index in [0.29, 0.717) is 12.5 Å². The molecule has 5 atom stereocenters. The molecule has 0 spiro atoms. The number of hydrogen-bond donors (Lipinski definition) is 0. The molecule has 0 aromatic heterocycles. The van der Waals surface area contributed by atoms with Gasteiger partial charge in [-0.25, -0.2) is 0 Å². The third-order valence-electron chi connectivity index (χ3n) is 9.62. The molecular weight excluding hydrogens is 497 g/mol. The van der Waals surface area contributed by atoms with Crippen molar-refractivity contribution in [1.82, 2.24) is 0 Å². The van der Waals surface area contributed by atoms with Crippen LogP contribution < -0.4 is 0 Å². The van der Waals surface area contributed by atoms with E-state index in [1.807, 2.05) is 0 Å². The quantitative estimate of drug-likeness (QED) is 0.209. The molecule has 0 aromatic rings. The van der Waals surface area contributed by atoms with Gasteiger partial charge < -0.3 is 18.0 Å². The van der Waals surface area contributed by atoms with Crippen molar-refractivity contribution in [3.63, 3.8) is 0 Å². The van der Waals surface area contributed by atoms with Gasteiger partial charge in [0, 0.05) is 12.3 Å². The second kappa shape index (κ2) is 11.8. The van der Waals surface area contributed by atoms with Gasteiger partial charge in [0.1, 0.15) is 0 Å². The van der Waals surface area contributed by atoms with E-state index < -0.39 is 25.0 Å². The molecule has 1 aliphatic heterocycles. The highest BCUT2D eigenvalue weighted by molar-refractivity contribution is 6.75. The van der Waals surface area contributed by atoms with E-state index in [9.17, 15) is 0 Å². The number of ether oxygens (including phenoxy) is 1. The Morgan fingerprint density at radius 2 is 1.28 bits per heavy atom. The van der Waals surface area contributed by atoms with Crippen molar-refractivity contribution >= 4 is 25.0 Å². The summed E-state index contributed by atoms with van der Waals surface area (Å²) in [4.78, 5) is 0. The van der Waals surface area contributed by atoms with Crippen molar-refractivity contribution in [2.45, 2.75) is 161 Å². The maximum Gasteiger partial charge on any atom is 0.192 e. The Kier molecular flexibility index (Phi) is 11.2. The third kappa shape index (κ3) is 8.62. The summed E-state index contributed by atoms with van der Waals surface area (Å²) >= 11 is 0. The van der Waals surface area contributed by atoms with Crippen LogP contribution in [0.25, 0.3) is 0 Å². The van der Waals surface area contributed by atoms with E-state index >= 15 is 0 Å². The lowest BCUT2D eigenvalue weighted by Crippen LogP contribution is -2.57. The molecule has 0 N–H and O–H groups in total. The van der Waals surface area contributed by atoms with E-state index in [4.69, 9.17) is 18.0 Å². The Bertz CT molecular complexity index is 726. The van der Waals surface area contributed by atoms with Gasteiger partial charge in [0.05, 0.1) is 31.0 Å². The fourth-order valence-corrected chi connectivity index (χ4v) is 7.44. The predicted molar refractivity (Wildman–Crippen MR) is 165 cm³/mol. The molecule has 1 aliphatic rings. The van der Waals surface area contributed by atoms with Crippen molar-refractivity contribution in [2.75, 3.05) is 6.61 Å². The van der Waals surface area contributed by atoms with E-state index in [1.165, 1.54) is 0 Å². The summed E-state index contributed by atoms with van der Waals surface area (Å²) < 4.78 is 27.8. The summed E-state index contributed by atoms with van der Waals surface area (Å²) in [5.41, 5.74) is 0. The highest BCUT2D eigenvalue weighted by Gasteiger charge is 2.48. The SMILES string of the molecule is CC=C[C@H]1O[C@@H]([C@H](CO[Si](C)(C)C(C)(C)C)O[Si](C)(C)C(C)(C)C)C[C@H](O[Si](C)(C)C(C)(C)C)[C@H]1C. The Hall–Kier alpha value is 0.231. The molecule has 0 unspecified atom stereocenters. The number of allylic oxidation sites excluding steroid dienone is 1. The normalized spacial score (nSPS) is 26.5. The Morgan fingerprint density at radius 1 is 0.806 bits per heavy atom. The molecule has 1 rings (SSSR count). The average Bonchev–Trinajstić information content (AvgIpc) is 2.65. The Balaban J connectivity index is 3.39. The first-order chi connectivity index (χ1) is 15.9. The molecule has 1 heterocycles. The van der Waals surface area contributed by atoms with Crippen LogP contribution in [0.1, 0.15) is 82.6 Å². The van der Waals surface area contributed by atoms with E-state index in [2.05, 4.69) is 128 Å². The highest BCUT2D eigenvalue weighted by Crippen LogP contribution is 2.43. The molecule has 1 fully saturated rings. The second-order valence-electron chi connectivity index (χ2n) is 15.7. The second-order valence-corrected chi connectivity index (χ2v) is 30.0. The Labute approximate surface area is 228 Å². The summed E-state index contributed by atoms with van der Waals surface area (Å²) in [7, 11) is -5.92. The molecule has 0 aliphatic carbocycles. The Morgan fingerprint density at radius 3 is 1.69 bits per heavy atom. The number of hydrogen-bond acceptors (Lipinski definition) is 4. The molecule has 0 radical (unpaired) electrons. The van der Waals surface area contributed by atoms with Gasteiger partial charge in [-0.15, -0.1) is 0 Å². The first-order valence-electron chi connectivity index (χ1n) is 14.1. The fourth-order valence-electron chi connectivity index (χ4n) is 3.68. The first-order valence-corrected chi connectivity index (χ1v) is 22.9. The lowest BCUT2D eigenvalue weighted by molar-refractivity contribution is -0.147. The smallest absolute Gasteiger partial charge is 0.192 e. The van der Waals surface area contributed by atoms with Crippen LogP contribution in [0.3, 0.4) is 0 Å². The average molecular weight is 559 g/mol. The van der Waals surface area contributed by atoms with Gasteiger partial charge in [-0.3, -0.25) is 0 Å².